The second-order valence-electron chi connectivity index (χ2n) is 9.99. The Morgan fingerprint density at radius 1 is 1.20 bits per heavy atom. The summed E-state index contributed by atoms with van der Waals surface area (Å²) in [5, 5.41) is 13.2. The molecule has 0 fully saturated rings. The first-order valence-corrected chi connectivity index (χ1v) is 12.6. The number of thiophene rings is 1. The van der Waals surface area contributed by atoms with Crippen molar-refractivity contribution in [3.8, 4) is 11.1 Å². The summed E-state index contributed by atoms with van der Waals surface area (Å²) in [4.78, 5) is 23.6. The first kappa shape index (κ1) is 25.3. The number of aliphatic hydroxyl groups is 1. The molecule has 0 bridgehead atoms. The molecule has 0 aliphatic rings. The minimum absolute atomic E-state index is 0.157. The Balaban J connectivity index is 1.59. The van der Waals surface area contributed by atoms with Crippen LogP contribution in [0.15, 0.2) is 51.2 Å². The van der Waals surface area contributed by atoms with E-state index in [1.165, 1.54) is 16.9 Å². The summed E-state index contributed by atoms with van der Waals surface area (Å²) in [5.41, 5.74) is 3.78. The number of furan rings is 1. The molecule has 0 aliphatic heterocycles. The standard InChI is InChI=1S/C27H33N3O4S/c1-17-8-9-21(18(2)11-17)22-16-35-26-24(22)25(32)28-23(29-26)14-30(13-20-7-6-10-33-20)12-19(31)15-34-27(3,4)5/h6-11,16,19,31H,12-15H2,1-5H3,(H,28,29,32). The summed E-state index contributed by atoms with van der Waals surface area (Å²) in [5.74, 6) is 1.32. The van der Waals surface area contributed by atoms with E-state index in [9.17, 15) is 9.90 Å². The van der Waals surface area contributed by atoms with Gasteiger partial charge in [-0.25, -0.2) is 4.98 Å². The molecule has 7 nitrogen and oxygen atoms in total. The van der Waals surface area contributed by atoms with Gasteiger partial charge in [-0.1, -0.05) is 23.8 Å². The van der Waals surface area contributed by atoms with Crippen molar-refractivity contribution in [1.29, 1.82) is 0 Å². The smallest absolute Gasteiger partial charge is 0.260 e. The molecular formula is C27H33N3O4S. The molecule has 1 atom stereocenters. The molecule has 0 saturated heterocycles. The lowest BCUT2D eigenvalue weighted by Crippen LogP contribution is -2.37. The third-order valence-electron chi connectivity index (χ3n) is 5.68. The molecule has 4 rings (SSSR count). The van der Waals surface area contributed by atoms with Crippen LogP contribution in [0.2, 0.25) is 0 Å². The summed E-state index contributed by atoms with van der Waals surface area (Å²) < 4.78 is 11.3. The number of aliphatic hydroxyl groups excluding tert-OH is 1. The Morgan fingerprint density at radius 3 is 2.69 bits per heavy atom. The van der Waals surface area contributed by atoms with E-state index in [4.69, 9.17) is 14.1 Å². The van der Waals surface area contributed by atoms with Gasteiger partial charge in [-0.2, -0.15) is 0 Å². The quantitative estimate of drug-likeness (QED) is 0.338. The fraction of sp³-hybridized carbons (Fsp3) is 0.407. The van der Waals surface area contributed by atoms with Crippen LogP contribution in [0.25, 0.3) is 21.3 Å². The molecule has 8 heteroatoms. The Bertz CT molecular complexity index is 1330. The number of benzene rings is 1. The number of H-pyrrole nitrogens is 1. The number of hydrogen-bond acceptors (Lipinski definition) is 7. The van der Waals surface area contributed by atoms with Gasteiger partial charge in [0.2, 0.25) is 0 Å². The fourth-order valence-electron chi connectivity index (χ4n) is 4.10. The van der Waals surface area contributed by atoms with Crippen LogP contribution in [0.4, 0.5) is 0 Å². The topological polar surface area (TPSA) is 91.6 Å². The second-order valence-corrected chi connectivity index (χ2v) is 10.8. The average Bonchev–Trinajstić information content (AvgIpc) is 3.42. The number of rotatable bonds is 9. The lowest BCUT2D eigenvalue weighted by molar-refractivity contribution is -0.0577. The highest BCUT2D eigenvalue weighted by Gasteiger charge is 2.20. The molecule has 1 unspecified atom stereocenters. The first-order chi connectivity index (χ1) is 16.6. The van der Waals surface area contributed by atoms with Gasteiger partial charge in [0.1, 0.15) is 16.4 Å². The zero-order valence-corrected chi connectivity index (χ0v) is 21.7. The number of aromatic nitrogens is 2. The molecule has 35 heavy (non-hydrogen) atoms. The number of aryl methyl sites for hydroxylation is 2. The normalized spacial score (nSPS) is 13.1. The van der Waals surface area contributed by atoms with Gasteiger partial charge < -0.3 is 19.2 Å². The minimum atomic E-state index is -0.697. The van der Waals surface area contributed by atoms with Gasteiger partial charge in [0.05, 0.1) is 43.1 Å². The molecule has 0 spiro atoms. The Morgan fingerprint density at radius 2 is 2.00 bits per heavy atom. The highest BCUT2D eigenvalue weighted by Crippen LogP contribution is 2.33. The van der Waals surface area contributed by atoms with Crippen molar-refractivity contribution in [3.63, 3.8) is 0 Å². The van der Waals surface area contributed by atoms with Crippen LogP contribution in [0, 0.1) is 13.8 Å². The number of aromatic amines is 1. The predicted octanol–water partition coefficient (Wildman–Crippen LogP) is 5.04. The van der Waals surface area contributed by atoms with E-state index in [1.54, 1.807) is 6.26 Å². The molecule has 2 N–H and O–H groups in total. The highest BCUT2D eigenvalue weighted by molar-refractivity contribution is 7.17. The zero-order chi connectivity index (χ0) is 25.2. The van der Waals surface area contributed by atoms with Crippen LogP contribution < -0.4 is 5.56 Å². The summed E-state index contributed by atoms with van der Waals surface area (Å²) in [6.45, 7) is 11.4. The van der Waals surface area contributed by atoms with Crippen molar-refractivity contribution < 1.29 is 14.3 Å². The van der Waals surface area contributed by atoms with Gasteiger partial charge in [0.25, 0.3) is 5.56 Å². The van der Waals surface area contributed by atoms with Gasteiger partial charge in [0, 0.05) is 17.5 Å². The summed E-state index contributed by atoms with van der Waals surface area (Å²) in [6.07, 6.45) is 0.927. The molecule has 0 saturated carbocycles. The van der Waals surface area contributed by atoms with Gasteiger partial charge in [-0.05, 0) is 57.9 Å². The third-order valence-corrected chi connectivity index (χ3v) is 6.55. The molecule has 0 aliphatic carbocycles. The number of nitrogens with one attached hydrogen (secondary N) is 1. The van der Waals surface area contributed by atoms with Crippen LogP contribution >= 0.6 is 11.3 Å². The fourth-order valence-corrected chi connectivity index (χ4v) is 5.06. The van der Waals surface area contributed by atoms with Gasteiger partial charge >= 0.3 is 0 Å². The summed E-state index contributed by atoms with van der Waals surface area (Å²) >= 11 is 1.47. The van der Waals surface area contributed by atoms with E-state index in [1.807, 2.05) is 43.2 Å². The van der Waals surface area contributed by atoms with Crippen LogP contribution in [0.5, 0.6) is 0 Å². The van der Waals surface area contributed by atoms with E-state index in [-0.39, 0.29) is 17.8 Å². The molecule has 186 valence electrons. The van der Waals surface area contributed by atoms with Crippen LogP contribution in [-0.4, -0.2) is 44.8 Å². The van der Waals surface area contributed by atoms with E-state index in [0.717, 1.165) is 22.5 Å². The monoisotopic (exact) mass is 495 g/mol. The van der Waals surface area contributed by atoms with Crippen molar-refractivity contribution in [2.24, 2.45) is 0 Å². The number of hydrogen-bond donors (Lipinski definition) is 2. The number of fused-ring (bicyclic) bond motifs is 1. The van der Waals surface area contributed by atoms with Crippen molar-refractivity contribution >= 4 is 21.6 Å². The second kappa shape index (κ2) is 10.5. The molecular weight excluding hydrogens is 462 g/mol. The van der Waals surface area contributed by atoms with E-state index < -0.39 is 6.10 Å². The molecule has 1 aromatic carbocycles. The van der Waals surface area contributed by atoms with Crippen molar-refractivity contribution in [3.05, 3.63) is 75.0 Å². The Kier molecular flexibility index (Phi) is 7.56. The Hall–Kier alpha value is -2.78. The lowest BCUT2D eigenvalue weighted by Gasteiger charge is -2.26. The molecule has 3 heterocycles. The van der Waals surface area contributed by atoms with Crippen LogP contribution in [0.3, 0.4) is 0 Å². The van der Waals surface area contributed by atoms with Crippen molar-refractivity contribution in [1.82, 2.24) is 14.9 Å². The maximum Gasteiger partial charge on any atom is 0.260 e. The summed E-state index contributed by atoms with van der Waals surface area (Å²) in [6, 6.07) is 9.96. The van der Waals surface area contributed by atoms with Crippen molar-refractivity contribution in [2.45, 2.75) is 59.4 Å². The largest absolute Gasteiger partial charge is 0.468 e. The Labute approximate surface area is 209 Å². The van der Waals surface area contributed by atoms with Gasteiger partial charge in [-0.3, -0.25) is 9.69 Å². The predicted molar refractivity (Wildman–Crippen MR) is 140 cm³/mol. The summed E-state index contributed by atoms with van der Waals surface area (Å²) in [7, 11) is 0. The number of ether oxygens (including phenoxy) is 1. The molecule has 0 radical (unpaired) electrons. The van der Waals surface area contributed by atoms with E-state index in [0.29, 0.717) is 35.7 Å². The van der Waals surface area contributed by atoms with E-state index in [2.05, 4.69) is 37.0 Å². The van der Waals surface area contributed by atoms with Crippen molar-refractivity contribution in [2.75, 3.05) is 13.2 Å². The zero-order valence-electron chi connectivity index (χ0n) is 20.9. The third kappa shape index (κ3) is 6.46. The number of nitrogens with zero attached hydrogens (tertiary/aromatic N) is 2. The lowest BCUT2D eigenvalue weighted by atomic mass is 9.99. The average molecular weight is 496 g/mol. The van der Waals surface area contributed by atoms with Gasteiger partial charge in [-0.15, -0.1) is 11.3 Å². The molecule has 4 aromatic rings. The maximum absolute atomic E-state index is 13.2. The van der Waals surface area contributed by atoms with Gasteiger partial charge in [0.15, 0.2) is 0 Å². The first-order valence-electron chi connectivity index (χ1n) is 11.7. The van der Waals surface area contributed by atoms with Crippen LogP contribution in [0.1, 0.15) is 43.5 Å². The van der Waals surface area contributed by atoms with Crippen LogP contribution in [-0.2, 0) is 17.8 Å². The molecule has 0 amide bonds. The maximum atomic E-state index is 13.2. The molecule has 3 aromatic heterocycles. The SMILES string of the molecule is Cc1ccc(-c2csc3nc(CN(Cc4ccco4)CC(O)COC(C)(C)C)[nH]c(=O)c23)c(C)c1. The highest BCUT2D eigenvalue weighted by atomic mass is 32.1. The minimum Gasteiger partial charge on any atom is -0.468 e. The van der Waals surface area contributed by atoms with E-state index >= 15 is 0 Å².